The van der Waals surface area contributed by atoms with Crippen LogP contribution in [0.15, 0.2) is 42.5 Å². The van der Waals surface area contributed by atoms with Crippen LogP contribution in [0, 0.1) is 6.92 Å². The summed E-state index contributed by atoms with van der Waals surface area (Å²) in [5.41, 5.74) is 2.23. The minimum absolute atomic E-state index is 0.0495. The second-order valence-electron chi connectivity index (χ2n) is 9.02. The van der Waals surface area contributed by atoms with Crippen LogP contribution in [0.25, 0.3) is 0 Å². The Hall–Kier alpha value is -3.27. The first-order valence-electron chi connectivity index (χ1n) is 12.7. The zero-order valence-corrected chi connectivity index (χ0v) is 22.8. The molecular formula is C27H37N3O6S. The van der Waals surface area contributed by atoms with Gasteiger partial charge in [0.2, 0.25) is 28.6 Å². The quantitative estimate of drug-likeness (QED) is 0.396. The van der Waals surface area contributed by atoms with Crippen molar-refractivity contribution in [2.75, 3.05) is 29.9 Å². The molecule has 1 N–H and O–H groups in total. The van der Waals surface area contributed by atoms with E-state index in [0.717, 1.165) is 28.3 Å². The van der Waals surface area contributed by atoms with Crippen molar-refractivity contribution in [1.82, 2.24) is 10.2 Å². The molecule has 1 aliphatic rings. The van der Waals surface area contributed by atoms with E-state index in [9.17, 15) is 18.0 Å². The molecule has 2 amide bonds. The number of anilines is 1. The number of fused-ring (bicyclic) bond motifs is 1. The van der Waals surface area contributed by atoms with E-state index in [4.69, 9.17) is 9.47 Å². The highest BCUT2D eigenvalue weighted by atomic mass is 32.2. The lowest BCUT2D eigenvalue weighted by Gasteiger charge is -2.33. The molecule has 0 fully saturated rings. The summed E-state index contributed by atoms with van der Waals surface area (Å²) < 4.78 is 38.1. The zero-order chi connectivity index (χ0) is 27.0. The number of carbonyl (C=O) groups is 2. The van der Waals surface area contributed by atoms with Gasteiger partial charge in [-0.05, 0) is 44.4 Å². The third kappa shape index (κ3) is 7.15. The van der Waals surface area contributed by atoms with E-state index in [2.05, 4.69) is 5.32 Å². The van der Waals surface area contributed by atoms with Gasteiger partial charge < -0.3 is 19.7 Å². The molecule has 1 atom stereocenters. The van der Waals surface area contributed by atoms with Crippen molar-refractivity contribution in [2.45, 2.75) is 59.5 Å². The molecule has 202 valence electrons. The third-order valence-electron chi connectivity index (χ3n) is 6.31. The average Bonchev–Trinajstić information content (AvgIpc) is 3.36. The summed E-state index contributed by atoms with van der Waals surface area (Å²) in [6, 6.07) is 11.7. The number of nitrogens with zero attached hydrogens (tertiary/aromatic N) is 2. The van der Waals surface area contributed by atoms with Gasteiger partial charge in [0.1, 0.15) is 12.6 Å². The number of amides is 2. The number of hydrogen-bond acceptors (Lipinski definition) is 6. The van der Waals surface area contributed by atoms with Gasteiger partial charge in [0.25, 0.3) is 0 Å². The highest BCUT2D eigenvalue weighted by Gasteiger charge is 2.33. The van der Waals surface area contributed by atoms with E-state index in [1.807, 2.05) is 45.0 Å². The molecule has 2 aromatic rings. The van der Waals surface area contributed by atoms with Crippen molar-refractivity contribution in [3.05, 3.63) is 53.6 Å². The maximum atomic E-state index is 13.8. The number of nitrogens with one attached hydrogen (secondary N) is 1. The topological polar surface area (TPSA) is 105 Å². The van der Waals surface area contributed by atoms with E-state index in [1.165, 1.54) is 11.8 Å². The third-order valence-corrected chi connectivity index (χ3v) is 8.05. The van der Waals surface area contributed by atoms with Crippen LogP contribution < -0.4 is 19.1 Å². The van der Waals surface area contributed by atoms with Gasteiger partial charge in [-0.1, -0.05) is 50.1 Å². The number of aryl methyl sites for hydroxylation is 1. The van der Waals surface area contributed by atoms with E-state index < -0.39 is 28.5 Å². The highest BCUT2D eigenvalue weighted by Crippen LogP contribution is 2.36. The molecular weight excluding hydrogens is 494 g/mol. The summed E-state index contributed by atoms with van der Waals surface area (Å²) in [5, 5.41) is 2.92. The summed E-state index contributed by atoms with van der Waals surface area (Å²) in [7, 11) is -3.82. The number of carbonyl (C=O) groups excluding carboxylic acids is 2. The minimum atomic E-state index is -3.82. The molecule has 0 aromatic heterocycles. The van der Waals surface area contributed by atoms with Gasteiger partial charge >= 0.3 is 0 Å². The number of rotatable bonds is 13. The molecule has 1 aliphatic heterocycles. The Labute approximate surface area is 219 Å². The lowest BCUT2D eigenvalue weighted by Crippen LogP contribution is -2.52. The summed E-state index contributed by atoms with van der Waals surface area (Å²) in [5.74, 6) is 0.0258. The Kier molecular flexibility index (Phi) is 9.79. The lowest BCUT2D eigenvalue weighted by atomic mass is 10.1. The fraction of sp³-hybridized carbons (Fsp3) is 0.481. The minimum Gasteiger partial charge on any atom is -0.454 e. The van der Waals surface area contributed by atoms with Crippen LogP contribution in [0.3, 0.4) is 0 Å². The molecule has 0 spiro atoms. The Morgan fingerprint density at radius 2 is 1.73 bits per heavy atom. The first-order chi connectivity index (χ1) is 17.7. The zero-order valence-electron chi connectivity index (χ0n) is 22.0. The monoisotopic (exact) mass is 531 g/mol. The smallest absolute Gasteiger partial charge is 0.244 e. The number of benzene rings is 2. The van der Waals surface area contributed by atoms with Crippen molar-refractivity contribution in [1.29, 1.82) is 0 Å². The summed E-state index contributed by atoms with van der Waals surface area (Å²) in [4.78, 5) is 28.4. The molecule has 1 heterocycles. The molecule has 9 nitrogen and oxygen atoms in total. The number of sulfonamides is 1. The molecule has 2 aromatic carbocycles. The Balaban J connectivity index is 1.94. The van der Waals surface area contributed by atoms with Crippen LogP contribution in [-0.2, 0) is 26.2 Å². The van der Waals surface area contributed by atoms with Gasteiger partial charge in [-0.3, -0.25) is 13.9 Å². The van der Waals surface area contributed by atoms with Crippen molar-refractivity contribution < 1.29 is 27.5 Å². The highest BCUT2D eigenvalue weighted by molar-refractivity contribution is 7.92. The van der Waals surface area contributed by atoms with E-state index in [1.54, 1.807) is 18.2 Å². The summed E-state index contributed by atoms with van der Waals surface area (Å²) in [6.45, 7) is 7.69. The number of unbranched alkanes of at least 4 members (excludes halogenated alkanes) is 1. The van der Waals surface area contributed by atoms with Crippen LogP contribution in [0.4, 0.5) is 5.69 Å². The summed E-state index contributed by atoms with van der Waals surface area (Å²) >= 11 is 0. The Morgan fingerprint density at radius 1 is 1.03 bits per heavy atom. The van der Waals surface area contributed by atoms with Crippen molar-refractivity contribution >= 4 is 27.5 Å². The molecule has 0 aliphatic carbocycles. The molecule has 0 saturated heterocycles. The molecule has 0 radical (unpaired) electrons. The van der Waals surface area contributed by atoms with E-state index in [-0.39, 0.29) is 25.0 Å². The molecule has 0 saturated carbocycles. The largest absolute Gasteiger partial charge is 0.454 e. The van der Waals surface area contributed by atoms with E-state index in [0.29, 0.717) is 30.2 Å². The molecule has 10 heteroatoms. The van der Waals surface area contributed by atoms with E-state index >= 15 is 0 Å². The maximum Gasteiger partial charge on any atom is 0.244 e. The van der Waals surface area contributed by atoms with Gasteiger partial charge in [-0.2, -0.15) is 0 Å². The first-order valence-corrected chi connectivity index (χ1v) is 14.3. The van der Waals surface area contributed by atoms with Gasteiger partial charge in [-0.15, -0.1) is 0 Å². The second kappa shape index (κ2) is 12.8. The van der Waals surface area contributed by atoms with Crippen LogP contribution in [0.1, 0.15) is 51.2 Å². The maximum absolute atomic E-state index is 13.8. The standard InChI is InChI=1S/C27H37N3O6S/c1-5-8-15-28-27(32)23(6-2)29(17-21-11-9-20(4)10-12-21)26(31)18-30(37(33,34)7-3)22-13-14-24-25(16-22)36-19-35-24/h9-14,16,23H,5-8,15,17-19H2,1-4H3,(H,28,32)/t23-/m1/s1. The van der Waals surface area contributed by atoms with Crippen LogP contribution in [-0.4, -0.2) is 56.8 Å². The average molecular weight is 532 g/mol. The molecule has 0 bridgehead atoms. The molecule has 0 unspecified atom stereocenters. The predicted molar refractivity (Wildman–Crippen MR) is 143 cm³/mol. The van der Waals surface area contributed by atoms with Crippen LogP contribution in [0.2, 0.25) is 0 Å². The Morgan fingerprint density at radius 3 is 2.38 bits per heavy atom. The predicted octanol–water partition coefficient (Wildman–Crippen LogP) is 3.60. The van der Waals surface area contributed by atoms with Gasteiger partial charge in [0.05, 0.1) is 11.4 Å². The number of ether oxygens (including phenoxy) is 2. The van der Waals surface area contributed by atoms with Crippen molar-refractivity contribution in [3.8, 4) is 11.5 Å². The van der Waals surface area contributed by atoms with Crippen molar-refractivity contribution in [3.63, 3.8) is 0 Å². The SMILES string of the molecule is CCCCNC(=O)[C@@H](CC)N(Cc1ccc(C)cc1)C(=O)CN(c1ccc2c(c1)OCO2)S(=O)(=O)CC. The van der Waals surface area contributed by atoms with Gasteiger partial charge in [0, 0.05) is 19.2 Å². The summed E-state index contributed by atoms with van der Waals surface area (Å²) in [6.07, 6.45) is 2.16. The second-order valence-corrected chi connectivity index (χ2v) is 11.2. The Bertz CT molecular complexity index is 1180. The fourth-order valence-corrected chi connectivity index (χ4v) is 5.13. The molecule has 37 heavy (non-hydrogen) atoms. The lowest BCUT2D eigenvalue weighted by molar-refractivity contribution is -0.140. The van der Waals surface area contributed by atoms with Crippen LogP contribution in [0.5, 0.6) is 11.5 Å². The van der Waals surface area contributed by atoms with Crippen LogP contribution >= 0.6 is 0 Å². The number of hydrogen-bond donors (Lipinski definition) is 1. The van der Waals surface area contributed by atoms with Gasteiger partial charge in [-0.25, -0.2) is 8.42 Å². The molecule has 3 rings (SSSR count). The first kappa shape index (κ1) is 28.3. The van der Waals surface area contributed by atoms with Crippen molar-refractivity contribution in [2.24, 2.45) is 0 Å². The normalized spacial score (nSPS) is 13.2. The van der Waals surface area contributed by atoms with Gasteiger partial charge in [0.15, 0.2) is 11.5 Å². The fourth-order valence-electron chi connectivity index (χ4n) is 4.08.